The maximum atomic E-state index is 13.4. The van der Waals surface area contributed by atoms with Crippen molar-refractivity contribution in [2.45, 2.75) is 32.7 Å². The quantitative estimate of drug-likeness (QED) is 0.620. The number of aromatic nitrogens is 3. The van der Waals surface area contributed by atoms with Crippen LogP contribution in [0.5, 0.6) is 11.5 Å². The number of ketones is 1. The standard InChI is InChI=1S/C25H25FN4O3/c1-25(2)12-18-21(19(31)13-25)22(17-10-9-16(32-3)11-20(17)33-4)30-24(27-18)28-23(29-30)14-5-7-15(26)8-6-14/h5-11,22H,12-13H2,1-4H3,(H,27,28,29). The average Bonchev–Trinajstić information content (AvgIpc) is 3.20. The zero-order chi connectivity index (χ0) is 23.3. The van der Waals surface area contributed by atoms with Crippen molar-refractivity contribution in [3.63, 3.8) is 0 Å². The molecule has 1 aliphatic heterocycles. The van der Waals surface area contributed by atoms with Gasteiger partial charge in [-0.15, -0.1) is 5.10 Å². The summed E-state index contributed by atoms with van der Waals surface area (Å²) in [5.74, 6) is 1.96. The number of halogens is 1. The van der Waals surface area contributed by atoms with Gasteiger partial charge in [-0.05, 0) is 48.2 Å². The molecule has 0 saturated carbocycles. The van der Waals surface area contributed by atoms with Gasteiger partial charge in [0.1, 0.15) is 23.4 Å². The lowest BCUT2D eigenvalue weighted by atomic mass is 9.73. The van der Waals surface area contributed by atoms with Gasteiger partial charge in [-0.1, -0.05) is 13.8 Å². The third-order valence-corrected chi connectivity index (χ3v) is 6.17. The van der Waals surface area contributed by atoms with Gasteiger partial charge >= 0.3 is 0 Å². The van der Waals surface area contributed by atoms with Gasteiger partial charge in [0.2, 0.25) is 5.95 Å². The third kappa shape index (κ3) is 3.65. The molecule has 170 valence electrons. The number of nitrogens with one attached hydrogen (secondary N) is 1. The molecule has 1 atom stereocenters. The Labute approximate surface area is 191 Å². The predicted octanol–water partition coefficient (Wildman–Crippen LogP) is 4.76. The molecule has 7 nitrogen and oxygen atoms in total. The van der Waals surface area contributed by atoms with Gasteiger partial charge in [-0.3, -0.25) is 4.79 Å². The number of anilines is 1. The minimum atomic E-state index is -0.512. The number of hydrogen-bond acceptors (Lipinski definition) is 6. The van der Waals surface area contributed by atoms with Gasteiger partial charge in [0.05, 0.1) is 14.2 Å². The smallest absolute Gasteiger partial charge is 0.226 e. The summed E-state index contributed by atoms with van der Waals surface area (Å²) in [6, 6.07) is 11.1. The van der Waals surface area contributed by atoms with E-state index in [-0.39, 0.29) is 17.0 Å². The summed E-state index contributed by atoms with van der Waals surface area (Å²) in [7, 11) is 3.18. The summed E-state index contributed by atoms with van der Waals surface area (Å²) in [5, 5.41) is 8.09. The molecule has 0 fully saturated rings. The summed E-state index contributed by atoms with van der Waals surface area (Å²) in [6.45, 7) is 4.17. The molecular weight excluding hydrogens is 423 g/mol. The Bertz CT molecular complexity index is 1280. The van der Waals surface area contributed by atoms with Gasteiger partial charge in [0.25, 0.3) is 0 Å². The summed E-state index contributed by atoms with van der Waals surface area (Å²) in [4.78, 5) is 18.1. The van der Waals surface area contributed by atoms with Crippen molar-refractivity contribution >= 4 is 11.7 Å². The van der Waals surface area contributed by atoms with Crippen LogP contribution in [0.3, 0.4) is 0 Å². The van der Waals surface area contributed by atoms with E-state index in [9.17, 15) is 9.18 Å². The van der Waals surface area contributed by atoms with Crippen LogP contribution in [0, 0.1) is 11.2 Å². The number of methoxy groups -OCH3 is 2. The first-order chi connectivity index (χ1) is 15.8. The van der Waals surface area contributed by atoms with Crippen molar-refractivity contribution in [1.29, 1.82) is 0 Å². The molecule has 1 aromatic heterocycles. The van der Waals surface area contributed by atoms with Crippen molar-refractivity contribution < 1.29 is 18.7 Å². The van der Waals surface area contributed by atoms with E-state index in [2.05, 4.69) is 24.1 Å². The van der Waals surface area contributed by atoms with Gasteiger partial charge in [-0.2, -0.15) is 4.98 Å². The highest BCUT2D eigenvalue weighted by atomic mass is 19.1. The van der Waals surface area contributed by atoms with Gasteiger partial charge in [0, 0.05) is 34.9 Å². The number of carbonyl (C=O) groups excluding carboxylic acids is 1. The SMILES string of the molecule is COc1ccc(C2C3=C(CC(C)(C)CC3=O)Nc3nc(-c4ccc(F)cc4)nn32)c(OC)c1. The fourth-order valence-corrected chi connectivity index (χ4v) is 4.66. The van der Waals surface area contributed by atoms with Gasteiger partial charge in [-0.25, -0.2) is 9.07 Å². The van der Waals surface area contributed by atoms with Crippen LogP contribution in [-0.4, -0.2) is 34.8 Å². The maximum Gasteiger partial charge on any atom is 0.226 e. The average molecular weight is 448 g/mol. The minimum absolute atomic E-state index is 0.0705. The van der Waals surface area contributed by atoms with E-state index in [1.54, 1.807) is 37.1 Å². The fourth-order valence-electron chi connectivity index (χ4n) is 4.66. The topological polar surface area (TPSA) is 78.3 Å². The van der Waals surface area contributed by atoms with E-state index in [0.717, 1.165) is 11.3 Å². The first kappa shape index (κ1) is 21.2. The molecule has 0 bridgehead atoms. The highest BCUT2D eigenvalue weighted by molar-refractivity contribution is 6.00. The molecule has 0 amide bonds. The van der Waals surface area contributed by atoms with Crippen LogP contribution in [0.15, 0.2) is 53.7 Å². The highest BCUT2D eigenvalue weighted by Gasteiger charge is 2.42. The molecule has 1 unspecified atom stereocenters. The second-order valence-electron chi connectivity index (χ2n) is 9.18. The van der Waals surface area contributed by atoms with Crippen molar-refractivity contribution in [2.24, 2.45) is 5.41 Å². The first-order valence-corrected chi connectivity index (χ1v) is 10.8. The number of nitrogens with zero attached hydrogens (tertiary/aromatic N) is 3. The van der Waals surface area contributed by atoms with Crippen LogP contribution >= 0.6 is 0 Å². The fraction of sp³-hybridized carbons (Fsp3) is 0.320. The van der Waals surface area contributed by atoms with Crippen LogP contribution in [0.25, 0.3) is 11.4 Å². The van der Waals surface area contributed by atoms with Crippen LogP contribution in [0.4, 0.5) is 10.3 Å². The van der Waals surface area contributed by atoms with Crippen LogP contribution in [-0.2, 0) is 4.79 Å². The molecule has 0 saturated heterocycles. The molecule has 2 aromatic carbocycles. The van der Waals surface area contributed by atoms with Crippen LogP contribution < -0.4 is 14.8 Å². The maximum absolute atomic E-state index is 13.4. The van der Waals surface area contributed by atoms with E-state index in [4.69, 9.17) is 14.6 Å². The zero-order valence-electron chi connectivity index (χ0n) is 19.0. The summed E-state index contributed by atoms with van der Waals surface area (Å²) in [6.07, 6.45) is 1.15. The molecule has 0 spiro atoms. The first-order valence-electron chi connectivity index (χ1n) is 10.8. The summed E-state index contributed by atoms with van der Waals surface area (Å²) in [5.41, 5.74) is 2.83. The second kappa shape index (κ2) is 7.72. The lowest BCUT2D eigenvalue weighted by molar-refractivity contribution is -0.118. The summed E-state index contributed by atoms with van der Waals surface area (Å²) >= 11 is 0. The molecular formula is C25H25FN4O3. The number of rotatable bonds is 4. The molecule has 2 aliphatic rings. The number of hydrogen-bond donors (Lipinski definition) is 1. The summed E-state index contributed by atoms with van der Waals surface area (Å²) < 4.78 is 26.2. The Hall–Kier alpha value is -3.68. The lowest BCUT2D eigenvalue weighted by Crippen LogP contribution is -2.36. The monoisotopic (exact) mass is 448 g/mol. The number of ether oxygens (including phenoxy) is 2. The molecule has 2 heterocycles. The molecule has 33 heavy (non-hydrogen) atoms. The van der Waals surface area contributed by atoms with E-state index < -0.39 is 6.04 Å². The number of carbonyl (C=O) groups is 1. The molecule has 3 aromatic rings. The number of fused-ring (bicyclic) bond motifs is 1. The molecule has 1 N–H and O–H groups in total. The Morgan fingerprint density at radius 1 is 1.09 bits per heavy atom. The molecule has 0 radical (unpaired) electrons. The third-order valence-electron chi connectivity index (χ3n) is 6.17. The predicted molar refractivity (Wildman–Crippen MR) is 122 cm³/mol. The van der Waals surface area contributed by atoms with Crippen molar-refractivity contribution in [3.8, 4) is 22.9 Å². The Balaban J connectivity index is 1.70. The number of Topliss-reactive ketones (excluding diaryl/α,β-unsaturated/α-hetero) is 1. The Morgan fingerprint density at radius 3 is 2.55 bits per heavy atom. The van der Waals surface area contributed by atoms with Gasteiger partial charge < -0.3 is 14.8 Å². The normalized spacial score (nSPS) is 18.9. The van der Waals surface area contributed by atoms with E-state index >= 15 is 0 Å². The lowest BCUT2D eigenvalue weighted by Gasteiger charge is -2.38. The van der Waals surface area contributed by atoms with E-state index in [1.807, 2.05) is 12.1 Å². The van der Waals surface area contributed by atoms with Crippen molar-refractivity contribution in [3.05, 3.63) is 65.1 Å². The van der Waals surface area contributed by atoms with E-state index in [0.29, 0.717) is 47.2 Å². The largest absolute Gasteiger partial charge is 0.497 e. The van der Waals surface area contributed by atoms with E-state index in [1.165, 1.54) is 12.1 Å². The number of allylic oxidation sites excluding steroid dienone is 2. The molecule has 8 heteroatoms. The van der Waals surface area contributed by atoms with Crippen molar-refractivity contribution in [2.75, 3.05) is 19.5 Å². The molecule has 5 rings (SSSR count). The Kier molecular flexibility index (Phi) is 4.96. The number of benzene rings is 2. The molecule has 1 aliphatic carbocycles. The second-order valence-corrected chi connectivity index (χ2v) is 9.18. The minimum Gasteiger partial charge on any atom is -0.497 e. The van der Waals surface area contributed by atoms with Crippen LogP contribution in [0.1, 0.15) is 38.3 Å². The Morgan fingerprint density at radius 2 is 1.85 bits per heavy atom. The van der Waals surface area contributed by atoms with Gasteiger partial charge in [0.15, 0.2) is 11.6 Å². The van der Waals surface area contributed by atoms with Crippen molar-refractivity contribution in [1.82, 2.24) is 14.8 Å². The van der Waals surface area contributed by atoms with Crippen LogP contribution in [0.2, 0.25) is 0 Å². The zero-order valence-corrected chi connectivity index (χ0v) is 19.0. The highest BCUT2D eigenvalue weighted by Crippen LogP contribution is 2.47.